The van der Waals surface area contributed by atoms with Crippen molar-refractivity contribution in [3.05, 3.63) is 18.2 Å². The first-order chi connectivity index (χ1) is 8.04. The Bertz CT molecular complexity index is 390. The molecule has 0 spiro atoms. The molecular weight excluding hydrogens is 212 g/mol. The van der Waals surface area contributed by atoms with Crippen LogP contribution in [0.3, 0.4) is 0 Å². The third-order valence-electron chi connectivity index (χ3n) is 3.15. The summed E-state index contributed by atoms with van der Waals surface area (Å²) in [5.74, 6) is 2.53. The van der Waals surface area contributed by atoms with Crippen molar-refractivity contribution in [1.82, 2.24) is 0 Å². The van der Waals surface area contributed by atoms with Crippen LogP contribution in [0.4, 0.5) is 11.4 Å². The maximum Gasteiger partial charge on any atom is 0.123 e. The summed E-state index contributed by atoms with van der Waals surface area (Å²) >= 11 is 0. The van der Waals surface area contributed by atoms with Crippen molar-refractivity contribution in [3.63, 3.8) is 0 Å². The number of hydrogen-bond acceptors (Lipinski definition) is 3. The first kappa shape index (κ1) is 12.1. The molecule has 1 aliphatic rings. The topological polar surface area (TPSA) is 47.3 Å². The highest BCUT2D eigenvalue weighted by Crippen LogP contribution is 2.37. The first-order valence-electron chi connectivity index (χ1n) is 6.35. The minimum atomic E-state index is 0.174. The molecule has 0 aromatic heterocycles. The highest BCUT2D eigenvalue weighted by atomic mass is 16.5. The Morgan fingerprint density at radius 3 is 2.71 bits per heavy atom. The largest absolute Gasteiger partial charge is 0.491 e. The molecule has 2 atom stereocenters. The van der Waals surface area contributed by atoms with Crippen molar-refractivity contribution in [2.45, 2.75) is 33.3 Å². The lowest BCUT2D eigenvalue weighted by molar-refractivity contribution is 0.242. The minimum absolute atomic E-state index is 0.174. The minimum Gasteiger partial charge on any atom is -0.491 e. The van der Waals surface area contributed by atoms with Gasteiger partial charge in [0, 0.05) is 30.1 Å². The van der Waals surface area contributed by atoms with Gasteiger partial charge in [-0.2, -0.15) is 0 Å². The summed E-state index contributed by atoms with van der Waals surface area (Å²) in [6, 6.07) is 5.84. The van der Waals surface area contributed by atoms with Crippen molar-refractivity contribution in [2.24, 2.45) is 11.8 Å². The summed E-state index contributed by atoms with van der Waals surface area (Å²) in [5.41, 5.74) is 7.66. The van der Waals surface area contributed by atoms with E-state index in [1.54, 1.807) is 0 Å². The summed E-state index contributed by atoms with van der Waals surface area (Å²) in [4.78, 5) is 0. The Morgan fingerprint density at radius 2 is 2.12 bits per heavy atom. The van der Waals surface area contributed by atoms with Crippen molar-refractivity contribution in [3.8, 4) is 5.75 Å². The molecule has 0 radical (unpaired) electrons. The third kappa shape index (κ3) is 3.55. The van der Waals surface area contributed by atoms with E-state index >= 15 is 0 Å². The molecule has 94 valence electrons. The van der Waals surface area contributed by atoms with Crippen LogP contribution >= 0.6 is 0 Å². The summed E-state index contributed by atoms with van der Waals surface area (Å²) < 4.78 is 5.66. The normalized spacial score (nSPS) is 22.6. The highest BCUT2D eigenvalue weighted by molar-refractivity contribution is 5.59. The second-order valence-corrected chi connectivity index (χ2v) is 5.31. The summed E-state index contributed by atoms with van der Waals surface area (Å²) in [5, 5.41) is 3.43. The van der Waals surface area contributed by atoms with E-state index in [1.807, 2.05) is 32.0 Å². The van der Waals surface area contributed by atoms with Gasteiger partial charge in [-0.15, -0.1) is 0 Å². The average Bonchev–Trinajstić information content (AvgIpc) is 2.90. The number of nitrogens with one attached hydrogen (secondary N) is 1. The Morgan fingerprint density at radius 1 is 1.41 bits per heavy atom. The van der Waals surface area contributed by atoms with Crippen LogP contribution in [0, 0.1) is 11.8 Å². The van der Waals surface area contributed by atoms with Crippen LogP contribution in [0.25, 0.3) is 0 Å². The Hall–Kier alpha value is -1.38. The predicted octanol–water partition coefficient (Wildman–Crippen LogP) is 3.12. The van der Waals surface area contributed by atoms with E-state index in [0.29, 0.717) is 0 Å². The molecule has 1 saturated carbocycles. The van der Waals surface area contributed by atoms with E-state index in [4.69, 9.17) is 10.5 Å². The van der Waals surface area contributed by atoms with Gasteiger partial charge in [-0.25, -0.2) is 0 Å². The van der Waals surface area contributed by atoms with Gasteiger partial charge in [0.2, 0.25) is 0 Å². The molecule has 3 heteroatoms. The van der Waals surface area contributed by atoms with Gasteiger partial charge in [0.05, 0.1) is 6.10 Å². The van der Waals surface area contributed by atoms with Gasteiger partial charge in [-0.1, -0.05) is 6.92 Å². The maximum atomic E-state index is 5.86. The molecular formula is C14H22N2O. The van der Waals surface area contributed by atoms with Gasteiger partial charge in [-0.05, 0) is 38.2 Å². The zero-order chi connectivity index (χ0) is 12.4. The van der Waals surface area contributed by atoms with Crippen LogP contribution < -0.4 is 15.8 Å². The quantitative estimate of drug-likeness (QED) is 0.769. The lowest BCUT2D eigenvalue weighted by Crippen LogP contribution is -2.08. The third-order valence-corrected chi connectivity index (χ3v) is 3.15. The number of ether oxygens (including phenoxy) is 1. The van der Waals surface area contributed by atoms with Gasteiger partial charge in [-0.3, -0.25) is 0 Å². The molecule has 0 amide bonds. The molecule has 1 aromatic carbocycles. The van der Waals surface area contributed by atoms with Crippen LogP contribution in [0.1, 0.15) is 27.2 Å². The summed E-state index contributed by atoms with van der Waals surface area (Å²) in [6.07, 6.45) is 1.51. The van der Waals surface area contributed by atoms with E-state index in [9.17, 15) is 0 Å². The van der Waals surface area contributed by atoms with Crippen molar-refractivity contribution in [2.75, 3.05) is 17.6 Å². The number of benzene rings is 1. The molecule has 1 aliphatic carbocycles. The fourth-order valence-corrected chi connectivity index (χ4v) is 2.00. The van der Waals surface area contributed by atoms with E-state index in [1.165, 1.54) is 6.42 Å². The van der Waals surface area contributed by atoms with Crippen molar-refractivity contribution < 1.29 is 4.74 Å². The van der Waals surface area contributed by atoms with E-state index < -0.39 is 0 Å². The number of anilines is 2. The van der Waals surface area contributed by atoms with E-state index in [0.717, 1.165) is 35.5 Å². The summed E-state index contributed by atoms with van der Waals surface area (Å²) in [7, 11) is 0. The Kier molecular flexibility index (Phi) is 3.46. The predicted molar refractivity (Wildman–Crippen MR) is 72.4 cm³/mol. The lowest BCUT2D eigenvalue weighted by atomic mass is 10.2. The lowest BCUT2D eigenvalue weighted by Gasteiger charge is -2.13. The molecule has 3 nitrogen and oxygen atoms in total. The van der Waals surface area contributed by atoms with E-state index in [-0.39, 0.29) is 6.10 Å². The monoisotopic (exact) mass is 234 g/mol. The van der Waals surface area contributed by atoms with Gasteiger partial charge in [0.15, 0.2) is 0 Å². The molecule has 0 bridgehead atoms. The van der Waals surface area contributed by atoms with Crippen LogP contribution in [-0.2, 0) is 0 Å². The molecule has 3 N–H and O–H groups in total. The van der Waals surface area contributed by atoms with Crippen molar-refractivity contribution in [1.29, 1.82) is 0 Å². The van der Waals surface area contributed by atoms with Crippen LogP contribution in [0.15, 0.2) is 18.2 Å². The number of hydrogen-bond donors (Lipinski definition) is 2. The molecule has 0 aliphatic heterocycles. The Labute approximate surface area is 103 Å². The highest BCUT2D eigenvalue weighted by Gasteiger charge is 2.31. The van der Waals surface area contributed by atoms with Crippen LogP contribution in [0.2, 0.25) is 0 Å². The number of rotatable bonds is 5. The van der Waals surface area contributed by atoms with Crippen LogP contribution in [-0.4, -0.2) is 12.6 Å². The molecule has 2 rings (SSSR count). The van der Waals surface area contributed by atoms with Crippen LogP contribution in [0.5, 0.6) is 5.75 Å². The van der Waals surface area contributed by atoms with E-state index in [2.05, 4.69) is 12.2 Å². The molecule has 17 heavy (non-hydrogen) atoms. The molecule has 1 fully saturated rings. The molecule has 1 aromatic rings. The first-order valence-corrected chi connectivity index (χ1v) is 6.35. The zero-order valence-electron chi connectivity index (χ0n) is 10.9. The summed E-state index contributed by atoms with van der Waals surface area (Å²) in [6.45, 7) is 7.36. The number of nitrogen functional groups attached to an aromatic ring is 1. The second kappa shape index (κ2) is 4.86. The average molecular weight is 234 g/mol. The second-order valence-electron chi connectivity index (χ2n) is 5.31. The fourth-order valence-electron chi connectivity index (χ4n) is 2.00. The van der Waals surface area contributed by atoms with Gasteiger partial charge >= 0.3 is 0 Å². The molecule has 0 heterocycles. The fraction of sp³-hybridized carbons (Fsp3) is 0.571. The standard InChI is InChI=1S/C14H22N2O/c1-9(2)17-14-6-12(15)5-13(7-14)16-8-11-4-10(11)3/h5-7,9-11,16H,4,8,15H2,1-3H3. The van der Waals surface area contributed by atoms with Gasteiger partial charge < -0.3 is 15.8 Å². The van der Waals surface area contributed by atoms with Gasteiger partial charge in [0.1, 0.15) is 5.75 Å². The Balaban J connectivity index is 1.97. The van der Waals surface area contributed by atoms with Gasteiger partial charge in [0.25, 0.3) is 0 Å². The van der Waals surface area contributed by atoms with Crippen molar-refractivity contribution >= 4 is 11.4 Å². The zero-order valence-corrected chi connectivity index (χ0v) is 10.9. The maximum absolute atomic E-state index is 5.86. The molecule has 2 unspecified atom stereocenters. The SMILES string of the molecule is CC(C)Oc1cc(N)cc(NCC2CC2C)c1. The smallest absolute Gasteiger partial charge is 0.123 e. The molecule has 0 saturated heterocycles. The number of nitrogens with two attached hydrogens (primary N) is 1.